The van der Waals surface area contributed by atoms with E-state index >= 15 is 0 Å². The SMILES string of the molecule is CC[C@@H](CN(C)CC(=O)N1CCC(c2ccccc2)CC1)C(=O)Nc1ccc(O)cc1F. The second-order valence-electron chi connectivity index (χ2n) is 8.52. The second-order valence-corrected chi connectivity index (χ2v) is 8.52. The number of amides is 2. The smallest absolute Gasteiger partial charge is 0.236 e. The van der Waals surface area contributed by atoms with Crippen molar-refractivity contribution in [3.05, 3.63) is 59.9 Å². The average Bonchev–Trinajstić information content (AvgIpc) is 2.80. The zero-order valence-electron chi connectivity index (χ0n) is 18.8. The van der Waals surface area contributed by atoms with Crippen LogP contribution in [0.1, 0.15) is 37.7 Å². The molecule has 0 spiro atoms. The van der Waals surface area contributed by atoms with Crippen molar-refractivity contribution in [3.63, 3.8) is 0 Å². The molecule has 6 nitrogen and oxygen atoms in total. The summed E-state index contributed by atoms with van der Waals surface area (Å²) in [5.74, 6) is -1.01. The number of nitrogens with zero attached hydrogens (tertiary/aromatic N) is 2. The van der Waals surface area contributed by atoms with Crippen LogP contribution in [0.25, 0.3) is 0 Å². The molecule has 0 unspecified atom stereocenters. The number of phenols is 1. The Morgan fingerprint density at radius 3 is 2.50 bits per heavy atom. The lowest BCUT2D eigenvalue weighted by Gasteiger charge is -2.33. The first-order valence-electron chi connectivity index (χ1n) is 11.2. The summed E-state index contributed by atoms with van der Waals surface area (Å²) in [7, 11) is 1.83. The maximum atomic E-state index is 13.9. The van der Waals surface area contributed by atoms with E-state index in [-0.39, 0.29) is 35.7 Å². The maximum Gasteiger partial charge on any atom is 0.236 e. The molecule has 7 heteroatoms. The van der Waals surface area contributed by atoms with Gasteiger partial charge in [-0.05, 0) is 49.9 Å². The Morgan fingerprint density at radius 2 is 1.88 bits per heavy atom. The number of phenolic OH excluding ortho intramolecular Hbond substituents is 1. The summed E-state index contributed by atoms with van der Waals surface area (Å²) in [4.78, 5) is 29.1. The van der Waals surface area contributed by atoms with Crippen molar-refractivity contribution < 1.29 is 19.1 Å². The van der Waals surface area contributed by atoms with Gasteiger partial charge >= 0.3 is 0 Å². The fourth-order valence-electron chi connectivity index (χ4n) is 4.20. The van der Waals surface area contributed by atoms with Crippen molar-refractivity contribution in [1.82, 2.24) is 9.80 Å². The first-order valence-corrected chi connectivity index (χ1v) is 11.2. The lowest BCUT2D eigenvalue weighted by molar-refractivity contribution is -0.133. The fraction of sp³-hybridized carbons (Fsp3) is 0.440. The Hall–Kier alpha value is -2.93. The van der Waals surface area contributed by atoms with Gasteiger partial charge in [-0.2, -0.15) is 0 Å². The molecule has 0 saturated carbocycles. The van der Waals surface area contributed by atoms with Crippen molar-refractivity contribution >= 4 is 17.5 Å². The van der Waals surface area contributed by atoms with Gasteiger partial charge < -0.3 is 15.3 Å². The largest absolute Gasteiger partial charge is 0.508 e. The van der Waals surface area contributed by atoms with Gasteiger partial charge in [-0.25, -0.2) is 4.39 Å². The highest BCUT2D eigenvalue weighted by Crippen LogP contribution is 2.28. The molecule has 2 aromatic carbocycles. The third-order valence-corrected chi connectivity index (χ3v) is 6.13. The quantitative estimate of drug-likeness (QED) is 0.611. The minimum atomic E-state index is -0.685. The Kier molecular flexibility index (Phi) is 8.22. The minimum absolute atomic E-state index is 0.0336. The first kappa shape index (κ1) is 23.7. The topological polar surface area (TPSA) is 72.9 Å². The molecular formula is C25H32FN3O3. The van der Waals surface area contributed by atoms with E-state index in [1.54, 1.807) is 0 Å². The molecule has 0 radical (unpaired) electrons. The molecule has 1 saturated heterocycles. The summed E-state index contributed by atoms with van der Waals surface area (Å²) in [6, 6.07) is 14.0. The van der Waals surface area contributed by atoms with Gasteiger partial charge in [-0.3, -0.25) is 14.5 Å². The van der Waals surface area contributed by atoms with Crippen LogP contribution in [0.2, 0.25) is 0 Å². The summed E-state index contributed by atoms with van der Waals surface area (Å²) >= 11 is 0. The van der Waals surface area contributed by atoms with E-state index in [1.165, 1.54) is 17.7 Å². The van der Waals surface area contributed by atoms with Gasteiger partial charge in [0.05, 0.1) is 18.2 Å². The molecular weight excluding hydrogens is 409 g/mol. The number of carbonyl (C=O) groups is 2. The van der Waals surface area contributed by atoms with Crippen LogP contribution in [0.4, 0.5) is 10.1 Å². The van der Waals surface area contributed by atoms with E-state index < -0.39 is 5.82 Å². The number of likely N-dealkylation sites (N-methyl/N-ethyl adjacent to an activating group) is 1. The van der Waals surface area contributed by atoms with Gasteiger partial charge in [0.2, 0.25) is 11.8 Å². The van der Waals surface area contributed by atoms with E-state index in [0.29, 0.717) is 18.9 Å². The molecule has 2 N–H and O–H groups in total. The zero-order valence-corrected chi connectivity index (χ0v) is 18.8. The molecule has 0 aliphatic carbocycles. The second kappa shape index (κ2) is 11.1. The number of anilines is 1. The summed E-state index contributed by atoms with van der Waals surface area (Å²) in [6.45, 7) is 4.01. The molecule has 2 aromatic rings. The lowest BCUT2D eigenvalue weighted by Crippen LogP contribution is -2.44. The molecule has 32 heavy (non-hydrogen) atoms. The van der Waals surface area contributed by atoms with Gasteiger partial charge in [0.1, 0.15) is 11.6 Å². The van der Waals surface area contributed by atoms with Gasteiger partial charge in [-0.15, -0.1) is 0 Å². The highest BCUT2D eigenvalue weighted by Gasteiger charge is 2.26. The van der Waals surface area contributed by atoms with Crippen molar-refractivity contribution in [2.24, 2.45) is 5.92 Å². The number of hydrogen-bond donors (Lipinski definition) is 2. The van der Waals surface area contributed by atoms with E-state index in [0.717, 1.165) is 32.0 Å². The fourth-order valence-corrected chi connectivity index (χ4v) is 4.20. The summed E-state index contributed by atoms with van der Waals surface area (Å²) in [5.41, 5.74) is 1.37. The monoisotopic (exact) mass is 441 g/mol. The number of halogens is 1. The van der Waals surface area contributed by atoms with Crippen molar-refractivity contribution in [2.75, 3.05) is 38.5 Å². The average molecular weight is 442 g/mol. The van der Waals surface area contributed by atoms with E-state index in [2.05, 4.69) is 29.6 Å². The minimum Gasteiger partial charge on any atom is -0.508 e. The molecule has 172 valence electrons. The van der Waals surface area contributed by atoms with Gasteiger partial charge in [0.15, 0.2) is 0 Å². The van der Waals surface area contributed by atoms with E-state index in [9.17, 15) is 19.1 Å². The van der Waals surface area contributed by atoms with E-state index in [4.69, 9.17) is 0 Å². The molecule has 3 rings (SSSR count). The van der Waals surface area contributed by atoms with Crippen LogP contribution in [0.5, 0.6) is 5.75 Å². The number of rotatable bonds is 8. The van der Waals surface area contributed by atoms with Gasteiger partial charge in [0, 0.05) is 25.7 Å². The van der Waals surface area contributed by atoms with Crippen LogP contribution >= 0.6 is 0 Å². The lowest BCUT2D eigenvalue weighted by atomic mass is 9.89. The Bertz CT molecular complexity index is 914. The summed E-state index contributed by atoms with van der Waals surface area (Å²) in [5, 5.41) is 11.9. The van der Waals surface area contributed by atoms with E-state index in [1.807, 2.05) is 29.8 Å². The summed E-state index contributed by atoms with van der Waals surface area (Å²) in [6.07, 6.45) is 2.47. The van der Waals surface area contributed by atoms with Crippen LogP contribution in [-0.2, 0) is 9.59 Å². The number of benzene rings is 2. The maximum absolute atomic E-state index is 13.9. The first-order chi connectivity index (χ1) is 15.4. The van der Waals surface area contributed by atoms with Gasteiger partial charge in [0.25, 0.3) is 0 Å². The van der Waals surface area contributed by atoms with Crippen molar-refractivity contribution in [1.29, 1.82) is 0 Å². The van der Waals surface area contributed by atoms with Crippen LogP contribution in [0.15, 0.2) is 48.5 Å². The highest BCUT2D eigenvalue weighted by molar-refractivity contribution is 5.93. The highest BCUT2D eigenvalue weighted by atomic mass is 19.1. The molecule has 1 atom stereocenters. The number of likely N-dealkylation sites (tertiary alicyclic amines) is 1. The van der Waals surface area contributed by atoms with Gasteiger partial charge in [-0.1, -0.05) is 37.3 Å². The number of aromatic hydroxyl groups is 1. The Labute approximate surface area is 189 Å². The third kappa shape index (κ3) is 6.29. The third-order valence-electron chi connectivity index (χ3n) is 6.13. The molecule has 1 fully saturated rings. The summed E-state index contributed by atoms with van der Waals surface area (Å²) < 4.78 is 13.9. The number of nitrogens with one attached hydrogen (secondary N) is 1. The molecule has 0 bridgehead atoms. The predicted octanol–water partition coefficient (Wildman–Crippen LogP) is 3.83. The van der Waals surface area contributed by atoms with Crippen LogP contribution in [0.3, 0.4) is 0 Å². The number of piperidine rings is 1. The molecule has 1 aliphatic heterocycles. The van der Waals surface area contributed by atoms with Crippen LogP contribution in [0, 0.1) is 11.7 Å². The van der Waals surface area contributed by atoms with Crippen LogP contribution < -0.4 is 5.32 Å². The molecule has 2 amide bonds. The molecule has 1 aliphatic rings. The molecule has 0 aromatic heterocycles. The van der Waals surface area contributed by atoms with Crippen molar-refractivity contribution in [2.45, 2.75) is 32.1 Å². The Morgan fingerprint density at radius 1 is 1.19 bits per heavy atom. The standard InChI is InChI=1S/C25H32FN3O3/c1-3-18(25(32)27-23-10-9-21(30)15-22(23)26)16-28(2)17-24(31)29-13-11-20(12-14-29)19-7-5-4-6-8-19/h4-10,15,18,20,30H,3,11-14,16-17H2,1-2H3,(H,27,32)/t18-/m0/s1. The zero-order chi connectivity index (χ0) is 23.1. The number of hydrogen-bond acceptors (Lipinski definition) is 4. The Balaban J connectivity index is 1.47. The van der Waals surface area contributed by atoms with Crippen LogP contribution in [-0.4, -0.2) is 59.9 Å². The molecule has 1 heterocycles. The van der Waals surface area contributed by atoms with Crippen molar-refractivity contribution in [3.8, 4) is 5.75 Å². The predicted molar refractivity (Wildman–Crippen MR) is 123 cm³/mol. The number of carbonyl (C=O) groups excluding carboxylic acids is 2. The normalized spacial score (nSPS) is 15.6.